The SMILES string of the molecule is CC(C)C[C@@H](C)NC(=O)c1ccc(Cl)cc1. The van der Waals surface area contributed by atoms with Crippen molar-refractivity contribution in [2.45, 2.75) is 33.2 Å². The summed E-state index contributed by atoms with van der Waals surface area (Å²) in [4.78, 5) is 11.8. The third kappa shape index (κ3) is 4.23. The summed E-state index contributed by atoms with van der Waals surface area (Å²) in [5.41, 5.74) is 0.653. The van der Waals surface area contributed by atoms with Gasteiger partial charge in [0.2, 0.25) is 0 Å². The first-order valence-corrected chi connectivity index (χ1v) is 5.93. The van der Waals surface area contributed by atoms with Gasteiger partial charge in [0.25, 0.3) is 5.91 Å². The fourth-order valence-corrected chi connectivity index (χ4v) is 1.80. The lowest BCUT2D eigenvalue weighted by Crippen LogP contribution is -2.33. The third-order valence-corrected chi connectivity index (χ3v) is 2.56. The van der Waals surface area contributed by atoms with E-state index in [0.29, 0.717) is 16.5 Å². The Morgan fingerprint density at radius 3 is 2.31 bits per heavy atom. The molecular weight excluding hydrogens is 222 g/mol. The molecule has 16 heavy (non-hydrogen) atoms. The molecule has 2 nitrogen and oxygen atoms in total. The average Bonchev–Trinajstić information content (AvgIpc) is 2.16. The van der Waals surface area contributed by atoms with E-state index in [1.54, 1.807) is 24.3 Å². The number of amides is 1. The number of carbonyl (C=O) groups excluding carboxylic acids is 1. The van der Waals surface area contributed by atoms with Crippen LogP contribution in [0.3, 0.4) is 0 Å². The van der Waals surface area contributed by atoms with Crippen molar-refractivity contribution >= 4 is 17.5 Å². The van der Waals surface area contributed by atoms with E-state index < -0.39 is 0 Å². The molecule has 88 valence electrons. The van der Waals surface area contributed by atoms with Gasteiger partial charge >= 0.3 is 0 Å². The van der Waals surface area contributed by atoms with Crippen molar-refractivity contribution in [3.8, 4) is 0 Å². The standard InChI is InChI=1S/C13H18ClNO/c1-9(2)8-10(3)15-13(16)11-4-6-12(14)7-5-11/h4-7,9-10H,8H2,1-3H3,(H,15,16)/t10-/m1/s1. The molecule has 3 heteroatoms. The van der Waals surface area contributed by atoms with Gasteiger partial charge in [-0.15, -0.1) is 0 Å². The van der Waals surface area contributed by atoms with Crippen LogP contribution in [0, 0.1) is 5.92 Å². The van der Waals surface area contributed by atoms with Crippen molar-refractivity contribution in [3.63, 3.8) is 0 Å². The summed E-state index contributed by atoms with van der Waals surface area (Å²) in [6, 6.07) is 7.12. The van der Waals surface area contributed by atoms with Crippen LogP contribution >= 0.6 is 11.6 Å². The van der Waals surface area contributed by atoms with Crippen molar-refractivity contribution in [2.24, 2.45) is 5.92 Å². The summed E-state index contributed by atoms with van der Waals surface area (Å²) in [6.45, 7) is 6.31. The topological polar surface area (TPSA) is 29.1 Å². The van der Waals surface area contributed by atoms with E-state index in [1.165, 1.54) is 0 Å². The van der Waals surface area contributed by atoms with Gasteiger partial charge in [-0.1, -0.05) is 25.4 Å². The average molecular weight is 240 g/mol. The molecule has 1 amide bonds. The molecule has 0 spiro atoms. The second kappa shape index (κ2) is 5.90. The van der Waals surface area contributed by atoms with E-state index in [0.717, 1.165) is 6.42 Å². The maximum absolute atomic E-state index is 11.8. The van der Waals surface area contributed by atoms with Crippen molar-refractivity contribution in [2.75, 3.05) is 0 Å². The molecule has 0 aliphatic heterocycles. The van der Waals surface area contributed by atoms with E-state index in [9.17, 15) is 4.79 Å². The summed E-state index contributed by atoms with van der Waals surface area (Å²) in [5, 5.41) is 3.61. The molecule has 0 bridgehead atoms. The highest BCUT2D eigenvalue weighted by atomic mass is 35.5. The molecule has 0 saturated carbocycles. The van der Waals surface area contributed by atoms with Crippen LogP contribution in [-0.4, -0.2) is 11.9 Å². The van der Waals surface area contributed by atoms with E-state index >= 15 is 0 Å². The Hall–Kier alpha value is -1.02. The highest BCUT2D eigenvalue weighted by molar-refractivity contribution is 6.30. The van der Waals surface area contributed by atoms with Gasteiger partial charge < -0.3 is 5.32 Å². The van der Waals surface area contributed by atoms with Gasteiger partial charge in [-0.05, 0) is 43.5 Å². The van der Waals surface area contributed by atoms with Crippen LogP contribution in [0.4, 0.5) is 0 Å². The van der Waals surface area contributed by atoms with Crippen LogP contribution in [0.2, 0.25) is 5.02 Å². The van der Waals surface area contributed by atoms with Crippen LogP contribution in [0.1, 0.15) is 37.6 Å². The normalized spacial score (nSPS) is 12.6. The van der Waals surface area contributed by atoms with Gasteiger partial charge in [0.15, 0.2) is 0 Å². The number of hydrogen-bond acceptors (Lipinski definition) is 1. The van der Waals surface area contributed by atoms with Gasteiger partial charge in [-0.2, -0.15) is 0 Å². The molecule has 1 aromatic carbocycles. The van der Waals surface area contributed by atoms with Crippen LogP contribution in [0.5, 0.6) is 0 Å². The Morgan fingerprint density at radius 2 is 1.81 bits per heavy atom. The molecule has 0 radical (unpaired) electrons. The maximum Gasteiger partial charge on any atom is 0.251 e. The number of rotatable bonds is 4. The van der Waals surface area contributed by atoms with Crippen LogP contribution in [0.15, 0.2) is 24.3 Å². The molecule has 0 unspecified atom stereocenters. The minimum Gasteiger partial charge on any atom is -0.350 e. The molecule has 0 saturated heterocycles. The molecule has 0 aromatic heterocycles. The molecule has 0 aliphatic carbocycles. The quantitative estimate of drug-likeness (QED) is 0.856. The van der Waals surface area contributed by atoms with Crippen molar-refractivity contribution in [1.29, 1.82) is 0 Å². The van der Waals surface area contributed by atoms with Gasteiger partial charge in [0.1, 0.15) is 0 Å². The smallest absolute Gasteiger partial charge is 0.251 e. The molecule has 0 aliphatic rings. The lowest BCUT2D eigenvalue weighted by atomic mass is 10.0. The summed E-state index contributed by atoms with van der Waals surface area (Å²) in [6.07, 6.45) is 0.985. The third-order valence-electron chi connectivity index (χ3n) is 2.31. The second-order valence-corrected chi connectivity index (χ2v) is 4.95. The van der Waals surface area contributed by atoms with Gasteiger partial charge in [-0.25, -0.2) is 0 Å². The Morgan fingerprint density at radius 1 is 1.25 bits per heavy atom. The molecule has 1 aromatic rings. The summed E-state index contributed by atoms with van der Waals surface area (Å²) < 4.78 is 0. The van der Waals surface area contributed by atoms with Crippen LogP contribution in [0.25, 0.3) is 0 Å². The molecule has 0 heterocycles. The van der Waals surface area contributed by atoms with E-state index in [-0.39, 0.29) is 11.9 Å². The Bertz CT molecular complexity index is 345. The summed E-state index contributed by atoms with van der Waals surface area (Å²) in [5.74, 6) is 0.547. The van der Waals surface area contributed by atoms with Gasteiger partial charge in [-0.3, -0.25) is 4.79 Å². The number of benzene rings is 1. The van der Waals surface area contributed by atoms with Gasteiger partial charge in [0, 0.05) is 16.6 Å². The molecule has 0 fully saturated rings. The zero-order valence-corrected chi connectivity index (χ0v) is 10.7. The zero-order valence-electron chi connectivity index (χ0n) is 9.96. The summed E-state index contributed by atoms with van der Waals surface area (Å²) >= 11 is 5.76. The molecule has 1 atom stereocenters. The molecular formula is C13H18ClNO. The second-order valence-electron chi connectivity index (χ2n) is 4.51. The Kier molecular flexibility index (Phi) is 4.81. The van der Waals surface area contributed by atoms with E-state index in [2.05, 4.69) is 19.2 Å². The minimum absolute atomic E-state index is 0.0372. The number of hydrogen-bond donors (Lipinski definition) is 1. The zero-order chi connectivity index (χ0) is 12.1. The van der Waals surface area contributed by atoms with Crippen molar-refractivity contribution in [3.05, 3.63) is 34.9 Å². The first kappa shape index (κ1) is 13.0. The van der Waals surface area contributed by atoms with Crippen LogP contribution < -0.4 is 5.32 Å². The van der Waals surface area contributed by atoms with E-state index in [4.69, 9.17) is 11.6 Å². The molecule has 1 N–H and O–H groups in total. The Labute approximate surface area is 102 Å². The first-order chi connectivity index (χ1) is 7.49. The van der Waals surface area contributed by atoms with Crippen molar-refractivity contribution in [1.82, 2.24) is 5.32 Å². The lowest BCUT2D eigenvalue weighted by Gasteiger charge is -2.15. The minimum atomic E-state index is -0.0372. The van der Waals surface area contributed by atoms with Crippen molar-refractivity contribution < 1.29 is 4.79 Å². The number of halogens is 1. The predicted molar refractivity (Wildman–Crippen MR) is 67.8 cm³/mol. The maximum atomic E-state index is 11.8. The fourth-order valence-electron chi connectivity index (χ4n) is 1.67. The van der Waals surface area contributed by atoms with Crippen LogP contribution in [-0.2, 0) is 0 Å². The molecule has 1 rings (SSSR count). The largest absolute Gasteiger partial charge is 0.350 e. The predicted octanol–water partition coefficient (Wildman–Crippen LogP) is 3.50. The highest BCUT2D eigenvalue weighted by Crippen LogP contribution is 2.10. The monoisotopic (exact) mass is 239 g/mol. The highest BCUT2D eigenvalue weighted by Gasteiger charge is 2.10. The lowest BCUT2D eigenvalue weighted by molar-refractivity contribution is 0.0936. The fraction of sp³-hybridized carbons (Fsp3) is 0.462. The van der Waals surface area contributed by atoms with E-state index in [1.807, 2.05) is 6.92 Å². The summed E-state index contributed by atoms with van der Waals surface area (Å²) in [7, 11) is 0. The Balaban J connectivity index is 2.55. The first-order valence-electron chi connectivity index (χ1n) is 5.55. The number of carbonyl (C=O) groups is 1. The number of nitrogens with one attached hydrogen (secondary N) is 1. The van der Waals surface area contributed by atoms with Gasteiger partial charge in [0.05, 0.1) is 0 Å².